The number of ketones is 1. The third-order valence-corrected chi connectivity index (χ3v) is 11.7. The van der Waals surface area contributed by atoms with Crippen molar-refractivity contribution in [2.75, 3.05) is 6.61 Å². The Labute approximate surface area is 224 Å². The molecule has 10 heteroatoms. The minimum absolute atomic E-state index is 0.0391. The van der Waals surface area contributed by atoms with Crippen molar-refractivity contribution in [3.63, 3.8) is 0 Å². The Morgan fingerprint density at radius 1 is 0.971 bits per heavy atom. The largest absolute Gasteiger partial charge is 0.457 e. The number of hydrogen-bond donors (Lipinski definition) is 0. The number of likely N-dealkylation sites (tertiary alicyclic amines) is 1. The molecule has 0 spiro atoms. The average molecular weight is 636 g/mol. The van der Waals surface area contributed by atoms with E-state index in [0.29, 0.717) is 30.7 Å². The number of nitrogens with zero attached hydrogens (tertiary/aromatic N) is 1. The van der Waals surface area contributed by atoms with Crippen molar-refractivity contribution >= 4 is 78.6 Å². The standard InChI is InChI=1S/C24H23Br2Cl2NO5/c25-20-14-8-15(21(20)26)19-18(14)22(31)29(23(19)32)12-4-1-10(2-5-12)24(33)34-9-17(30)13-6-3-11(27)7-16(13)28/h3,6-7,10,12,14-15,18-21H,1-2,4-5,8-9H2/t10?,12?,14-,15-,18-,19-,20+,21+/m1/s1. The van der Waals surface area contributed by atoms with Crippen molar-refractivity contribution in [3.8, 4) is 0 Å². The minimum Gasteiger partial charge on any atom is -0.457 e. The molecule has 1 saturated heterocycles. The Bertz CT molecular complexity index is 1030. The van der Waals surface area contributed by atoms with Gasteiger partial charge in [0, 0.05) is 26.3 Å². The van der Waals surface area contributed by atoms with Gasteiger partial charge in [-0.1, -0.05) is 55.1 Å². The molecule has 0 N–H and O–H groups in total. The highest BCUT2D eigenvalue weighted by Crippen LogP contribution is 2.60. The molecule has 5 rings (SSSR count). The van der Waals surface area contributed by atoms with Crippen molar-refractivity contribution < 1.29 is 23.9 Å². The van der Waals surface area contributed by atoms with Gasteiger partial charge in [-0.2, -0.15) is 0 Å². The first-order chi connectivity index (χ1) is 16.2. The van der Waals surface area contributed by atoms with E-state index in [1.807, 2.05) is 0 Å². The molecule has 0 radical (unpaired) electrons. The number of esters is 1. The molecular formula is C24H23Br2Cl2NO5. The number of imide groups is 1. The number of carbonyl (C=O) groups is 4. The van der Waals surface area contributed by atoms with Crippen LogP contribution < -0.4 is 0 Å². The van der Waals surface area contributed by atoms with E-state index in [0.717, 1.165) is 6.42 Å². The van der Waals surface area contributed by atoms with Crippen molar-refractivity contribution in [3.05, 3.63) is 33.8 Å². The topological polar surface area (TPSA) is 80.8 Å². The van der Waals surface area contributed by atoms with Gasteiger partial charge in [0.25, 0.3) is 0 Å². The fraction of sp³-hybridized carbons (Fsp3) is 0.583. The van der Waals surface area contributed by atoms with Gasteiger partial charge in [0.1, 0.15) is 0 Å². The van der Waals surface area contributed by atoms with Crippen LogP contribution in [0.4, 0.5) is 0 Å². The smallest absolute Gasteiger partial charge is 0.309 e. The van der Waals surface area contributed by atoms with Crippen LogP contribution in [-0.2, 0) is 19.1 Å². The van der Waals surface area contributed by atoms with Crippen molar-refractivity contribution in [1.29, 1.82) is 0 Å². The first kappa shape index (κ1) is 24.7. The van der Waals surface area contributed by atoms with Crippen LogP contribution in [0.15, 0.2) is 18.2 Å². The fourth-order valence-corrected chi connectivity index (χ4v) is 8.74. The van der Waals surface area contributed by atoms with E-state index < -0.39 is 18.4 Å². The Kier molecular flexibility index (Phi) is 6.90. The third-order valence-electron chi connectivity index (χ3n) is 7.99. The summed E-state index contributed by atoms with van der Waals surface area (Å²) in [5, 5.41) is 0.630. The van der Waals surface area contributed by atoms with E-state index in [-0.39, 0.29) is 67.7 Å². The van der Waals surface area contributed by atoms with Gasteiger partial charge in [-0.05, 0) is 62.1 Å². The molecule has 4 aliphatic rings. The van der Waals surface area contributed by atoms with Crippen molar-refractivity contribution in [2.45, 2.75) is 47.8 Å². The van der Waals surface area contributed by atoms with E-state index in [1.165, 1.54) is 17.0 Å². The molecule has 1 heterocycles. The first-order valence-corrected chi connectivity index (χ1v) is 14.1. The SMILES string of the molecule is O=C(COC(=O)C1CCC(N2C(=O)[C@@H]3[C@H]4C[C@@H]([C@H](Br)[C@H]4Br)[C@H]3C2=O)CC1)c1ccc(Cl)cc1Cl. The van der Waals surface area contributed by atoms with Gasteiger partial charge in [0.15, 0.2) is 6.61 Å². The van der Waals surface area contributed by atoms with Gasteiger partial charge in [0.2, 0.25) is 17.6 Å². The number of fused-ring (bicyclic) bond motifs is 5. The number of Topliss-reactive ketones (excluding diaryl/α,β-unsaturated/α-hetero) is 1. The molecule has 0 unspecified atom stereocenters. The average Bonchev–Trinajstić information content (AvgIpc) is 3.42. The Morgan fingerprint density at radius 3 is 2.12 bits per heavy atom. The maximum atomic E-state index is 13.2. The van der Waals surface area contributed by atoms with Crippen molar-refractivity contribution in [1.82, 2.24) is 4.90 Å². The van der Waals surface area contributed by atoms with Crippen LogP contribution in [0.2, 0.25) is 10.0 Å². The highest BCUT2D eigenvalue weighted by atomic mass is 79.9. The zero-order chi connectivity index (χ0) is 24.3. The molecule has 2 amide bonds. The highest BCUT2D eigenvalue weighted by molar-refractivity contribution is 9.12. The number of hydrogen-bond acceptors (Lipinski definition) is 5. The van der Waals surface area contributed by atoms with Crippen LogP contribution in [0.3, 0.4) is 0 Å². The number of benzene rings is 1. The van der Waals surface area contributed by atoms with E-state index in [9.17, 15) is 19.2 Å². The quantitative estimate of drug-likeness (QED) is 0.196. The lowest BCUT2D eigenvalue weighted by atomic mass is 9.81. The van der Waals surface area contributed by atoms with Gasteiger partial charge >= 0.3 is 5.97 Å². The number of rotatable bonds is 5. The molecule has 182 valence electrons. The van der Waals surface area contributed by atoms with Gasteiger partial charge in [-0.15, -0.1) is 0 Å². The van der Waals surface area contributed by atoms with Gasteiger partial charge < -0.3 is 4.74 Å². The Hall–Kier alpha value is -0.960. The van der Waals surface area contributed by atoms with Gasteiger partial charge in [0.05, 0.1) is 22.8 Å². The maximum Gasteiger partial charge on any atom is 0.309 e. The number of amides is 2. The van der Waals surface area contributed by atoms with Crippen LogP contribution in [-0.4, -0.2) is 50.8 Å². The van der Waals surface area contributed by atoms with Gasteiger partial charge in [-0.25, -0.2) is 0 Å². The van der Waals surface area contributed by atoms with Crippen LogP contribution in [0.25, 0.3) is 0 Å². The molecule has 6 nitrogen and oxygen atoms in total. The molecule has 0 aromatic heterocycles. The molecule has 1 aromatic carbocycles. The summed E-state index contributed by atoms with van der Waals surface area (Å²) in [5.41, 5.74) is 0.254. The molecule has 4 fully saturated rings. The summed E-state index contributed by atoms with van der Waals surface area (Å²) in [6.45, 7) is -0.392. The number of halogens is 4. The molecule has 2 bridgehead atoms. The predicted octanol–water partition coefficient (Wildman–Crippen LogP) is 5.06. The van der Waals surface area contributed by atoms with Crippen molar-refractivity contribution in [2.24, 2.45) is 29.6 Å². The van der Waals surface area contributed by atoms with E-state index in [1.54, 1.807) is 6.07 Å². The molecule has 6 atom stereocenters. The molecule has 3 aliphatic carbocycles. The van der Waals surface area contributed by atoms with Crippen LogP contribution in [0, 0.1) is 29.6 Å². The maximum absolute atomic E-state index is 13.2. The summed E-state index contributed by atoms with van der Waals surface area (Å²) in [6.07, 6.45) is 3.07. The lowest BCUT2D eigenvalue weighted by molar-refractivity contribution is -0.149. The second kappa shape index (κ2) is 9.49. The number of ether oxygens (including phenoxy) is 1. The number of carbonyl (C=O) groups excluding carboxylic acids is 4. The summed E-state index contributed by atoms with van der Waals surface area (Å²) in [4.78, 5) is 53.3. The summed E-state index contributed by atoms with van der Waals surface area (Å²) in [7, 11) is 0. The first-order valence-electron chi connectivity index (χ1n) is 11.5. The van der Waals surface area contributed by atoms with E-state index >= 15 is 0 Å². The van der Waals surface area contributed by atoms with E-state index in [4.69, 9.17) is 27.9 Å². The molecule has 3 saturated carbocycles. The van der Waals surface area contributed by atoms with Gasteiger partial charge in [-0.3, -0.25) is 24.1 Å². The summed E-state index contributed by atoms with van der Waals surface area (Å²) in [5.74, 6) is -1.31. The Morgan fingerprint density at radius 2 is 1.56 bits per heavy atom. The molecule has 34 heavy (non-hydrogen) atoms. The normalized spacial score (nSPS) is 36.6. The summed E-state index contributed by atoms with van der Waals surface area (Å²) < 4.78 is 5.27. The second-order valence-electron chi connectivity index (χ2n) is 9.71. The Balaban J connectivity index is 1.15. The van der Waals surface area contributed by atoms with Crippen LogP contribution in [0.5, 0.6) is 0 Å². The fourth-order valence-electron chi connectivity index (χ4n) is 6.35. The lowest BCUT2D eigenvalue weighted by Crippen LogP contribution is -2.44. The summed E-state index contributed by atoms with van der Waals surface area (Å²) in [6, 6.07) is 4.36. The van der Waals surface area contributed by atoms with Crippen LogP contribution >= 0.6 is 55.1 Å². The summed E-state index contributed by atoms with van der Waals surface area (Å²) >= 11 is 19.3. The monoisotopic (exact) mass is 633 g/mol. The predicted molar refractivity (Wildman–Crippen MR) is 133 cm³/mol. The lowest BCUT2D eigenvalue weighted by Gasteiger charge is -2.33. The molecule has 1 aliphatic heterocycles. The third kappa shape index (κ3) is 4.06. The minimum atomic E-state index is -0.435. The second-order valence-corrected chi connectivity index (χ2v) is 12.7. The van der Waals surface area contributed by atoms with E-state index in [2.05, 4.69) is 31.9 Å². The zero-order valence-electron chi connectivity index (χ0n) is 18.1. The zero-order valence-corrected chi connectivity index (χ0v) is 22.8. The highest BCUT2D eigenvalue weighted by Gasteiger charge is 2.67. The molecule has 1 aromatic rings. The molecular weight excluding hydrogens is 613 g/mol. The van der Waals surface area contributed by atoms with Crippen LogP contribution in [0.1, 0.15) is 42.5 Å². The number of alkyl halides is 2.